The van der Waals surface area contributed by atoms with Crippen LogP contribution in [0.2, 0.25) is 0 Å². The maximum Gasteiger partial charge on any atom is 0.150 e. The van der Waals surface area contributed by atoms with E-state index in [1.807, 2.05) is 19.1 Å². The number of aryl methyl sites for hydroxylation is 1. The Bertz CT molecular complexity index is 752. The molecular weight excluding hydrogens is 294 g/mol. The minimum absolute atomic E-state index is 0.173. The first-order valence-electron chi connectivity index (χ1n) is 6.54. The van der Waals surface area contributed by atoms with Crippen LogP contribution in [0.4, 0.5) is 11.4 Å². The number of benzene rings is 1. The van der Waals surface area contributed by atoms with E-state index in [1.54, 1.807) is 11.3 Å². The standard InChI is InChI=1S/C13H17N3O2S2/c1-8-16-12-5-11(10(14)4-13(12)19-8)15-6-9-2-3-20(17,18)7-9/h4-5,9,15H,2-3,6-7,14H2,1H3. The lowest BCUT2D eigenvalue weighted by Crippen LogP contribution is -2.16. The van der Waals surface area contributed by atoms with Gasteiger partial charge in [0.15, 0.2) is 9.84 Å². The van der Waals surface area contributed by atoms with Crippen molar-refractivity contribution in [3.05, 3.63) is 17.1 Å². The monoisotopic (exact) mass is 311 g/mol. The van der Waals surface area contributed by atoms with Gasteiger partial charge in [0.25, 0.3) is 0 Å². The largest absolute Gasteiger partial charge is 0.397 e. The summed E-state index contributed by atoms with van der Waals surface area (Å²) in [5, 5.41) is 4.28. The molecule has 0 amide bonds. The summed E-state index contributed by atoms with van der Waals surface area (Å²) in [5.41, 5.74) is 8.49. The van der Waals surface area contributed by atoms with Gasteiger partial charge in [0.1, 0.15) is 0 Å². The van der Waals surface area contributed by atoms with E-state index < -0.39 is 9.84 Å². The molecule has 2 heterocycles. The molecule has 0 aliphatic carbocycles. The first kappa shape index (κ1) is 13.6. The van der Waals surface area contributed by atoms with Gasteiger partial charge in [-0.05, 0) is 31.4 Å². The molecule has 2 aromatic rings. The van der Waals surface area contributed by atoms with E-state index in [-0.39, 0.29) is 11.7 Å². The summed E-state index contributed by atoms with van der Waals surface area (Å²) >= 11 is 1.62. The number of fused-ring (bicyclic) bond motifs is 1. The smallest absolute Gasteiger partial charge is 0.150 e. The Hall–Kier alpha value is -1.34. The fourth-order valence-corrected chi connectivity index (χ4v) is 5.26. The van der Waals surface area contributed by atoms with Crippen LogP contribution in [0.3, 0.4) is 0 Å². The molecule has 1 aliphatic heterocycles. The molecule has 1 unspecified atom stereocenters. The lowest BCUT2D eigenvalue weighted by atomic mass is 10.1. The Balaban J connectivity index is 1.75. The number of nitrogen functional groups attached to an aromatic ring is 1. The minimum Gasteiger partial charge on any atom is -0.397 e. The van der Waals surface area contributed by atoms with Crippen LogP contribution in [0.5, 0.6) is 0 Å². The lowest BCUT2D eigenvalue weighted by molar-refractivity contribution is 0.596. The highest BCUT2D eigenvalue weighted by Gasteiger charge is 2.27. The van der Waals surface area contributed by atoms with Crippen LogP contribution in [-0.4, -0.2) is 31.5 Å². The second kappa shape index (κ2) is 4.89. The molecule has 1 aromatic heterocycles. The van der Waals surface area contributed by atoms with Crippen LogP contribution in [0.1, 0.15) is 11.4 Å². The molecule has 1 aromatic carbocycles. The number of nitrogens with two attached hydrogens (primary N) is 1. The van der Waals surface area contributed by atoms with Crippen LogP contribution in [0, 0.1) is 12.8 Å². The third-order valence-electron chi connectivity index (χ3n) is 3.57. The van der Waals surface area contributed by atoms with Crippen LogP contribution in [0.25, 0.3) is 10.2 Å². The molecule has 1 saturated heterocycles. The summed E-state index contributed by atoms with van der Waals surface area (Å²) in [4.78, 5) is 4.44. The molecule has 1 aliphatic rings. The van der Waals surface area contributed by atoms with E-state index in [2.05, 4.69) is 10.3 Å². The zero-order chi connectivity index (χ0) is 14.3. The summed E-state index contributed by atoms with van der Waals surface area (Å²) in [6.45, 7) is 2.61. The van der Waals surface area contributed by atoms with Crippen molar-refractivity contribution in [3.8, 4) is 0 Å². The van der Waals surface area contributed by atoms with E-state index in [9.17, 15) is 8.42 Å². The summed E-state index contributed by atoms with van der Waals surface area (Å²) in [6, 6.07) is 3.87. The van der Waals surface area contributed by atoms with Crippen molar-refractivity contribution in [1.82, 2.24) is 4.98 Å². The maximum absolute atomic E-state index is 11.4. The number of aromatic nitrogens is 1. The summed E-state index contributed by atoms with van der Waals surface area (Å²) in [7, 11) is -2.82. The third-order valence-corrected chi connectivity index (χ3v) is 6.35. The zero-order valence-electron chi connectivity index (χ0n) is 11.2. The van der Waals surface area contributed by atoms with Crippen LogP contribution in [0.15, 0.2) is 12.1 Å². The molecule has 0 radical (unpaired) electrons. The molecule has 7 heteroatoms. The highest BCUT2D eigenvalue weighted by molar-refractivity contribution is 7.91. The Morgan fingerprint density at radius 3 is 3.00 bits per heavy atom. The number of anilines is 2. The van der Waals surface area contributed by atoms with Gasteiger partial charge in [-0.1, -0.05) is 0 Å². The number of nitrogens with one attached hydrogen (secondary N) is 1. The molecule has 3 N–H and O–H groups in total. The predicted octanol–water partition coefficient (Wildman–Crippen LogP) is 2.03. The van der Waals surface area contributed by atoms with Gasteiger partial charge in [0.05, 0.1) is 38.1 Å². The van der Waals surface area contributed by atoms with Gasteiger partial charge in [0, 0.05) is 6.54 Å². The Morgan fingerprint density at radius 2 is 2.30 bits per heavy atom. The van der Waals surface area contributed by atoms with E-state index in [0.29, 0.717) is 18.0 Å². The first-order valence-corrected chi connectivity index (χ1v) is 9.18. The molecule has 0 saturated carbocycles. The zero-order valence-corrected chi connectivity index (χ0v) is 12.9. The molecule has 1 atom stereocenters. The number of thiazole rings is 1. The van der Waals surface area contributed by atoms with Crippen molar-refractivity contribution >= 4 is 42.8 Å². The van der Waals surface area contributed by atoms with Gasteiger partial charge in [-0.3, -0.25) is 0 Å². The number of rotatable bonds is 3. The highest BCUT2D eigenvalue weighted by Crippen LogP contribution is 2.30. The Morgan fingerprint density at radius 1 is 1.50 bits per heavy atom. The SMILES string of the molecule is Cc1nc2cc(NCC3CCS(=O)(=O)C3)c(N)cc2s1. The average molecular weight is 311 g/mol. The number of nitrogens with zero attached hydrogens (tertiary/aromatic N) is 1. The second-order valence-corrected chi connectivity index (χ2v) is 8.75. The molecular formula is C13H17N3O2S2. The van der Waals surface area contributed by atoms with Gasteiger partial charge in [-0.2, -0.15) is 0 Å². The van der Waals surface area contributed by atoms with E-state index in [4.69, 9.17) is 5.73 Å². The van der Waals surface area contributed by atoms with Crippen molar-refractivity contribution in [2.75, 3.05) is 29.1 Å². The predicted molar refractivity (Wildman–Crippen MR) is 84.0 cm³/mol. The Kier molecular flexibility index (Phi) is 3.33. The van der Waals surface area contributed by atoms with Gasteiger partial charge in [0.2, 0.25) is 0 Å². The van der Waals surface area contributed by atoms with Gasteiger partial charge < -0.3 is 11.1 Å². The molecule has 1 fully saturated rings. The topological polar surface area (TPSA) is 85.1 Å². The van der Waals surface area contributed by atoms with Crippen molar-refractivity contribution in [2.45, 2.75) is 13.3 Å². The summed E-state index contributed by atoms with van der Waals surface area (Å²) < 4.78 is 23.9. The second-order valence-electron chi connectivity index (χ2n) is 5.29. The van der Waals surface area contributed by atoms with Crippen LogP contribution >= 0.6 is 11.3 Å². The fourth-order valence-electron chi connectivity index (χ4n) is 2.55. The van der Waals surface area contributed by atoms with Crippen molar-refractivity contribution < 1.29 is 8.42 Å². The molecule has 5 nitrogen and oxygen atoms in total. The number of hydrogen-bond acceptors (Lipinski definition) is 6. The van der Waals surface area contributed by atoms with Crippen LogP contribution in [-0.2, 0) is 9.84 Å². The van der Waals surface area contributed by atoms with Crippen molar-refractivity contribution in [1.29, 1.82) is 0 Å². The van der Waals surface area contributed by atoms with Crippen LogP contribution < -0.4 is 11.1 Å². The molecule has 0 spiro atoms. The summed E-state index contributed by atoms with van der Waals surface area (Å²) in [6.07, 6.45) is 0.729. The number of hydrogen-bond donors (Lipinski definition) is 2. The lowest BCUT2D eigenvalue weighted by Gasteiger charge is -2.12. The molecule has 3 rings (SSSR count). The van der Waals surface area contributed by atoms with E-state index in [0.717, 1.165) is 27.3 Å². The molecule has 0 bridgehead atoms. The highest BCUT2D eigenvalue weighted by atomic mass is 32.2. The fraction of sp³-hybridized carbons (Fsp3) is 0.462. The maximum atomic E-state index is 11.4. The quantitative estimate of drug-likeness (QED) is 0.847. The van der Waals surface area contributed by atoms with Crippen molar-refractivity contribution in [3.63, 3.8) is 0 Å². The number of sulfone groups is 1. The minimum atomic E-state index is -2.82. The summed E-state index contributed by atoms with van der Waals surface area (Å²) in [5.74, 6) is 0.754. The Labute approximate surface area is 122 Å². The normalized spacial score (nSPS) is 21.4. The van der Waals surface area contributed by atoms with Crippen molar-refractivity contribution in [2.24, 2.45) is 5.92 Å². The first-order chi connectivity index (χ1) is 9.43. The van der Waals surface area contributed by atoms with E-state index in [1.165, 1.54) is 0 Å². The average Bonchev–Trinajstić information content (AvgIpc) is 2.87. The van der Waals surface area contributed by atoms with Gasteiger partial charge in [-0.15, -0.1) is 11.3 Å². The molecule has 108 valence electrons. The van der Waals surface area contributed by atoms with E-state index >= 15 is 0 Å². The van der Waals surface area contributed by atoms with Gasteiger partial charge in [-0.25, -0.2) is 13.4 Å². The third kappa shape index (κ3) is 2.73. The molecule has 20 heavy (non-hydrogen) atoms. The van der Waals surface area contributed by atoms with Gasteiger partial charge >= 0.3 is 0 Å².